The Morgan fingerprint density at radius 3 is 2.47 bits per heavy atom. The SMILES string of the molecule is CC1CC2(CCNC2C)CCN1C(=O)OC(C)(C)C. The fourth-order valence-electron chi connectivity index (χ4n) is 3.55. The summed E-state index contributed by atoms with van der Waals surface area (Å²) < 4.78 is 5.50. The van der Waals surface area contributed by atoms with Gasteiger partial charge < -0.3 is 15.0 Å². The van der Waals surface area contributed by atoms with E-state index in [-0.39, 0.29) is 12.1 Å². The van der Waals surface area contributed by atoms with E-state index in [2.05, 4.69) is 19.2 Å². The van der Waals surface area contributed by atoms with Crippen molar-refractivity contribution in [1.82, 2.24) is 10.2 Å². The normalized spacial score (nSPS) is 35.7. The third-order valence-corrected chi connectivity index (χ3v) is 4.70. The topological polar surface area (TPSA) is 41.6 Å². The lowest BCUT2D eigenvalue weighted by atomic mass is 9.71. The Hall–Kier alpha value is -0.770. The van der Waals surface area contributed by atoms with Crippen LogP contribution in [-0.2, 0) is 4.74 Å². The van der Waals surface area contributed by atoms with Crippen molar-refractivity contribution in [2.75, 3.05) is 13.1 Å². The fourth-order valence-corrected chi connectivity index (χ4v) is 3.55. The first-order valence-electron chi connectivity index (χ1n) is 7.46. The monoisotopic (exact) mass is 268 g/mol. The average Bonchev–Trinajstić information content (AvgIpc) is 2.57. The highest BCUT2D eigenvalue weighted by atomic mass is 16.6. The van der Waals surface area contributed by atoms with Crippen LogP contribution in [0, 0.1) is 5.41 Å². The third kappa shape index (κ3) is 3.04. The maximum Gasteiger partial charge on any atom is 0.410 e. The second-order valence-corrected chi connectivity index (χ2v) is 7.27. The third-order valence-electron chi connectivity index (χ3n) is 4.70. The number of nitrogens with one attached hydrogen (secondary N) is 1. The Balaban J connectivity index is 1.99. The molecule has 4 heteroatoms. The van der Waals surface area contributed by atoms with E-state index in [1.54, 1.807) is 0 Å². The van der Waals surface area contributed by atoms with E-state index >= 15 is 0 Å². The quantitative estimate of drug-likeness (QED) is 0.734. The van der Waals surface area contributed by atoms with Gasteiger partial charge in [-0.15, -0.1) is 0 Å². The number of carbonyl (C=O) groups is 1. The summed E-state index contributed by atoms with van der Waals surface area (Å²) in [5.41, 5.74) is -0.0218. The van der Waals surface area contributed by atoms with Gasteiger partial charge in [0.05, 0.1) is 0 Å². The minimum atomic E-state index is -0.409. The summed E-state index contributed by atoms with van der Waals surface area (Å²) in [5, 5.41) is 3.55. The summed E-state index contributed by atoms with van der Waals surface area (Å²) >= 11 is 0. The van der Waals surface area contributed by atoms with E-state index in [0.29, 0.717) is 11.5 Å². The van der Waals surface area contributed by atoms with Gasteiger partial charge in [-0.05, 0) is 65.8 Å². The molecule has 2 rings (SSSR count). The van der Waals surface area contributed by atoms with Crippen molar-refractivity contribution in [3.63, 3.8) is 0 Å². The lowest BCUT2D eigenvalue weighted by molar-refractivity contribution is -0.00671. The molecule has 0 bridgehead atoms. The number of piperidine rings is 1. The zero-order chi connectivity index (χ0) is 14.3. The Bertz CT molecular complexity index is 351. The van der Waals surface area contributed by atoms with Gasteiger partial charge in [0.15, 0.2) is 0 Å². The Labute approximate surface area is 116 Å². The van der Waals surface area contributed by atoms with Gasteiger partial charge >= 0.3 is 6.09 Å². The maximum absolute atomic E-state index is 12.2. The number of hydrogen-bond donors (Lipinski definition) is 1. The van der Waals surface area contributed by atoms with Crippen molar-refractivity contribution in [2.24, 2.45) is 5.41 Å². The smallest absolute Gasteiger partial charge is 0.410 e. The van der Waals surface area contributed by atoms with Crippen molar-refractivity contribution >= 4 is 6.09 Å². The van der Waals surface area contributed by atoms with Gasteiger partial charge in [0.25, 0.3) is 0 Å². The van der Waals surface area contributed by atoms with Crippen LogP contribution in [0.3, 0.4) is 0 Å². The molecule has 0 aromatic heterocycles. The predicted octanol–water partition coefficient (Wildman–Crippen LogP) is 2.77. The first kappa shape index (κ1) is 14.6. The molecule has 2 aliphatic heterocycles. The lowest BCUT2D eigenvalue weighted by Gasteiger charge is -2.45. The zero-order valence-electron chi connectivity index (χ0n) is 13.0. The molecule has 3 atom stereocenters. The van der Waals surface area contributed by atoms with E-state index < -0.39 is 5.60 Å². The number of amides is 1. The molecule has 1 amide bonds. The number of likely N-dealkylation sites (tertiary alicyclic amines) is 1. The molecule has 3 unspecified atom stereocenters. The van der Waals surface area contributed by atoms with E-state index in [1.807, 2.05) is 25.7 Å². The largest absolute Gasteiger partial charge is 0.444 e. The van der Waals surface area contributed by atoms with Gasteiger partial charge in [0, 0.05) is 18.6 Å². The molecule has 0 aliphatic carbocycles. The highest BCUT2D eigenvalue weighted by Crippen LogP contribution is 2.43. The van der Waals surface area contributed by atoms with Crippen LogP contribution in [0.5, 0.6) is 0 Å². The van der Waals surface area contributed by atoms with Gasteiger partial charge in [-0.2, -0.15) is 0 Å². The second kappa shape index (κ2) is 4.97. The van der Waals surface area contributed by atoms with Crippen molar-refractivity contribution in [3.05, 3.63) is 0 Å². The molecular weight excluding hydrogens is 240 g/mol. The lowest BCUT2D eigenvalue weighted by Crippen LogP contribution is -2.52. The van der Waals surface area contributed by atoms with Gasteiger partial charge in [-0.25, -0.2) is 4.79 Å². The van der Waals surface area contributed by atoms with Crippen LogP contribution in [0.25, 0.3) is 0 Å². The van der Waals surface area contributed by atoms with Crippen LogP contribution >= 0.6 is 0 Å². The van der Waals surface area contributed by atoms with Crippen LogP contribution < -0.4 is 5.32 Å². The van der Waals surface area contributed by atoms with E-state index in [1.165, 1.54) is 6.42 Å². The van der Waals surface area contributed by atoms with E-state index in [0.717, 1.165) is 25.9 Å². The molecule has 0 aromatic carbocycles. The summed E-state index contributed by atoms with van der Waals surface area (Å²) in [6.45, 7) is 12.1. The first-order valence-corrected chi connectivity index (χ1v) is 7.46. The van der Waals surface area contributed by atoms with Gasteiger partial charge in [-0.1, -0.05) is 0 Å². The van der Waals surface area contributed by atoms with Crippen LogP contribution in [0.4, 0.5) is 4.79 Å². The average molecular weight is 268 g/mol. The molecule has 4 nitrogen and oxygen atoms in total. The second-order valence-electron chi connectivity index (χ2n) is 7.27. The van der Waals surface area contributed by atoms with Crippen molar-refractivity contribution in [2.45, 2.75) is 71.6 Å². The summed E-state index contributed by atoms with van der Waals surface area (Å²) in [5.74, 6) is 0. The van der Waals surface area contributed by atoms with Crippen LogP contribution in [0.1, 0.15) is 53.9 Å². The van der Waals surface area contributed by atoms with Crippen molar-refractivity contribution < 1.29 is 9.53 Å². The molecule has 110 valence electrons. The number of hydrogen-bond acceptors (Lipinski definition) is 3. The molecule has 2 fully saturated rings. The summed E-state index contributed by atoms with van der Waals surface area (Å²) in [6.07, 6.45) is 3.25. The number of carbonyl (C=O) groups excluding carboxylic acids is 1. The molecule has 1 spiro atoms. The Morgan fingerprint density at radius 2 is 2.00 bits per heavy atom. The first-order chi connectivity index (χ1) is 8.73. The number of nitrogens with zero attached hydrogens (tertiary/aromatic N) is 1. The van der Waals surface area contributed by atoms with Crippen LogP contribution in [0.15, 0.2) is 0 Å². The molecule has 0 radical (unpaired) electrons. The highest BCUT2D eigenvalue weighted by molar-refractivity contribution is 5.68. The minimum Gasteiger partial charge on any atom is -0.444 e. The Morgan fingerprint density at radius 1 is 1.32 bits per heavy atom. The maximum atomic E-state index is 12.2. The predicted molar refractivity (Wildman–Crippen MR) is 76.2 cm³/mol. The Kier molecular flexibility index (Phi) is 3.83. The van der Waals surface area contributed by atoms with Gasteiger partial charge in [0.2, 0.25) is 0 Å². The standard InChI is InChI=1S/C15H28N2O2/c1-11-10-15(6-8-16-12(15)2)7-9-17(11)13(18)19-14(3,4)5/h11-12,16H,6-10H2,1-5H3. The van der Waals surface area contributed by atoms with E-state index in [9.17, 15) is 4.79 Å². The summed E-state index contributed by atoms with van der Waals surface area (Å²) in [7, 11) is 0. The zero-order valence-corrected chi connectivity index (χ0v) is 13.0. The highest BCUT2D eigenvalue weighted by Gasteiger charge is 2.46. The molecule has 0 saturated carbocycles. The molecule has 2 heterocycles. The van der Waals surface area contributed by atoms with Gasteiger partial charge in [-0.3, -0.25) is 0 Å². The van der Waals surface area contributed by atoms with Crippen LogP contribution in [0.2, 0.25) is 0 Å². The molecule has 1 N–H and O–H groups in total. The number of rotatable bonds is 0. The van der Waals surface area contributed by atoms with Crippen LogP contribution in [-0.4, -0.2) is 41.8 Å². The van der Waals surface area contributed by atoms with Crippen molar-refractivity contribution in [3.8, 4) is 0 Å². The summed E-state index contributed by atoms with van der Waals surface area (Å²) in [6, 6.07) is 0.835. The molecule has 2 aliphatic rings. The van der Waals surface area contributed by atoms with Gasteiger partial charge in [0.1, 0.15) is 5.60 Å². The minimum absolute atomic E-state index is 0.159. The fraction of sp³-hybridized carbons (Fsp3) is 0.933. The number of ether oxygens (including phenoxy) is 1. The van der Waals surface area contributed by atoms with E-state index in [4.69, 9.17) is 4.74 Å². The molecular formula is C15H28N2O2. The molecule has 19 heavy (non-hydrogen) atoms. The molecule has 2 saturated heterocycles. The summed E-state index contributed by atoms with van der Waals surface area (Å²) in [4.78, 5) is 14.1. The van der Waals surface area contributed by atoms with Crippen molar-refractivity contribution in [1.29, 1.82) is 0 Å². The molecule has 0 aromatic rings.